The standard InChI is InChI=1S/C26H22N2O5S2/c1-3-18-15-34-26(27-17-9-11-19(33-2)12-10-17)28(18)25(30)16-8-13-21-23(14-16)35(31,32)22-7-5-4-6-20(22)24(21)29/h4-14,18H,3,15H2,1-2H3. The molecule has 5 rings (SSSR count). The number of aliphatic imine (C=N–C) groups is 1. The first-order chi connectivity index (χ1) is 16.8. The fourth-order valence-corrected chi connectivity index (χ4v) is 7.18. The monoisotopic (exact) mass is 506 g/mol. The Balaban J connectivity index is 1.54. The zero-order valence-electron chi connectivity index (χ0n) is 19.1. The van der Waals surface area contributed by atoms with Crippen molar-refractivity contribution >= 4 is 44.1 Å². The second-order valence-corrected chi connectivity index (χ2v) is 11.1. The number of benzene rings is 3. The van der Waals surface area contributed by atoms with Crippen molar-refractivity contribution in [2.75, 3.05) is 12.9 Å². The van der Waals surface area contributed by atoms with Gasteiger partial charge in [-0.1, -0.05) is 30.8 Å². The van der Waals surface area contributed by atoms with Gasteiger partial charge in [0, 0.05) is 28.5 Å². The Bertz CT molecular complexity index is 1480. The molecule has 0 aliphatic carbocycles. The smallest absolute Gasteiger partial charge is 0.260 e. The van der Waals surface area contributed by atoms with Crippen molar-refractivity contribution in [1.82, 2.24) is 4.90 Å². The summed E-state index contributed by atoms with van der Waals surface area (Å²) in [5.74, 6) is 0.679. The number of thioether (sulfide) groups is 1. The van der Waals surface area contributed by atoms with Crippen LogP contribution in [0.4, 0.5) is 5.69 Å². The third-order valence-electron chi connectivity index (χ3n) is 6.15. The lowest BCUT2D eigenvalue weighted by molar-refractivity contribution is 0.0818. The number of amides is 1. The summed E-state index contributed by atoms with van der Waals surface area (Å²) in [6.45, 7) is 1.99. The molecule has 0 saturated carbocycles. The van der Waals surface area contributed by atoms with Gasteiger partial charge >= 0.3 is 0 Å². The molecule has 1 unspecified atom stereocenters. The summed E-state index contributed by atoms with van der Waals surface area (Å²) in [6.07, 6.45) is 0.718. The lowest BCUT2D eigenvalue weighted by Gasteiger charge is -2.24. The number of fused-ring (bicyclic) bond motifs is 2. The Labute approximate surface area is 207 Å². The minimum Gasteiger partial charge on any atom is -0.497 e. The van der Waals surface area contributed by atoms with E-state index in [1.165, 1.54) is 42.1 Å². The zero-order chi connectivity index (χ0) is 24.7. The van der Waals surface area contributed by atoms with Crippen LogP contribution < -0.4 is 4.74 Å². The van der Waals surface area contributed by atoms with E-state index in [1.54, 1.807) is 36.3 Å². The van der Waals surface area contributed by atoms with E-state index in [0.29, 0.717) is 22.4 Å². The van der Waals surface area contributed by atoms with Crippen molar-refractivity contribution in [3.8, 4) is 5.75 Å². The zero-order valence-corrected chi connectivity index (χ0v) is 20.7. The van der Waals surface area contributed by atoms with E-state index in [9.17, 15) is 18.0 Å². The van der Waals surface area contributed by atoms with Crippen LogP contribution in [0.2, 0.25) is 0 Å². The summed E-state index contributed by atoms with van der Waals surface area (Å²) < 4.78 is 31.8. The molecular formula is C26H22N2O5S2. The van der Waals surface area contributed by atoms with Crippen LogP contribution in [-0.4, -0.2) is 49.1 Å². The maximum Gasteiger partial charge on any atom is 0.260 e. The van der Waals surface area contributed by atoms with E-state index < -0.39 is 9.84 Å². The van der Waals surface area contributed by atoms with Gasteiger partial charge < -0.3 is 4.74 Å². The minimum absolute atomic E-state index is 0.0352. The van der Waals surface area contributed by atoms with Crippen LogP contribution in [0.15, 0.2) is 81.5 Å². The number of methoxy groups -OCH3 is 1. The highest BCUT2D eigenvalue weighted by Gasteiger charge is 2.38. The normalized spacial score (nSPS) is 19.4. The number of hydrogen-bond donors (Lipinski definition) is 0. The number of sulfone groups is 1. The second kappa shape index (κ2) is 8.98. The van der Waals surface area contributed by atoms with E-state index in [-0.39, 0.29) is 44.2 Å². The maximum atomic E-state index is 13.7. The SMILES string of the molecule is CCC1CSC(=Nc2ccc(OC)cc2)N1C(=O)c1ccc2c(c1)S(=O)(=O)c1ccccc1C2=O. The van der Waals surface area contributed by atoms with Gasteiger partial charge in [-0.15, -0.1) is 0 Å². The second-order valence-electron chi connectivity index (χ2n) is 8.18. The number of ether oxygens (including phenoxy) is 1. The molecule has 3 aromatic rings. The van der Waals surface area contributed by atoms with E-state index in [0.717, 1.165) is 6.42 Å². The van der Waals surface area contributed by atoms with Gasteiger partial charge in [0.05, 0.1) is 22.6 Å². The number of carbonyl (C=O) groups excluding carboxylic acids is 2. The predicted octanol–water partition coefficient (Wildman–Crippen LogP) is 4.73. The predicted molar refractivity (Wildman–Crippen MR) is 135 cm³/mol. The summed E-state index contributed by atoms with van der Waals surface area (Å²) >= 11 is 1.48. The lowest BCUT2D eigenvalue weighted by Crippen LogP contribution is -2.39. The third kappa shape index (κ3) is 3.94. The largest absolute Gasteiger partial charge is 0.497 e. The van der Waals surface area contributed by atoms with Gasteiger partial charge in [0.1, 0.15) is 5.75 Å². The van der Waals surface area contributed by atoms with E-state index in [1.807, 2.05) is 19.1 Å². The maximum absolute atomic E-state index is 13.7. The summed E-state index contributed by atoms with van der Waals surface area (Å²) in [5, 5.41) is 0.550. The molecule has 2 heterocycles. The summed E-state index contributed by atoms with van der Waals surface area (Å²) in [7, 11) is -2.35. The van der Waals surface area contributed by atoms with E-state index in [2.05, 4.69) is 4.99 Å². The quantitative estimate of drug-likeness (QED) is 0.397. The summed E-state index contributed by atoms with van der Waals surface area (Å²) in [6, 6.07) is 17.5. The van der Waals surface area contributed by atoms with Crippen molar-refractivity contribution in [2.45, 2.75) is 29.2 Å². The van der Waals surface area contributed by atoms with Crippen molar-refractivity contribution in [3.05, 3.63) is 83.4 Å². The van der Waals surface area contributed by atoms with Gasteiger partial charge in [-0.2, -0.15) is 0 Å². The van der Waals surface area contributed by atoms with Crippen molar-refractivity contribution in [3.63, 3.8) is 0 Å². The number of ketones is 1. The Morgan fingerprint density at radius 2 is 1.77 bits per heavy atom. The molecule has 0 spiro atoms. The van der Waals surface area contributed by atoms with Crippen LogP contribution in [-0.2, 0) is 9.84 Å². The van der Waals surface area contributed by atoms with Gasteiger partial charge in [-0.25, -0.2) is 13.4 Å². The molecule has 2 aliphatic rings. The first-order valence-corrected chi connectivity index (χ1v) is 13.5. The lowest BCUT2D eigenvalue weighted by atomic mass is 10.0. The molecule has 7 nitrogen and oxygen atoms in total. The average Bonchev–Trinajstić information content (AvgIpc) is 3.29. The van der Waals surface area contributed by atoms with Crippen LogP contribution in [0.3, 0.4) is 0 Å². The first-order valence-electron chi connectivity index (χ1n) is 11.1. The fraction of sp³-hybridized carbons (Fsp3) is 0.192. The molecule has 0 N–H and O–H groups in total. The van der Waals surface area contributed by atoms with Crippen molar-refractivity contribution in [2.24, 2.45) is 4.99 Å². The molecule has 3 aromatic carbocycles. The van der Waals surface area contributed by atoms with Crippen LogP contribution >= 0.6 is 11.8 Å². The molecule has 0 aromatic heterocycles. The van der Waals surface area contributed by atoms with Crippen LogP contribution in [0.25, 0.3) is 0 Å². The van der Waals surface area contributed by atoms with E-state index >= 15 is 0 Å². The average molecular weight is 507 g/mol. The number of carbonyl (C=O) groups is 2. The van der Waals surface area contributed by atoms with Crippen LogP contribution in [0.1, 0.15) is 39.6 Å². The molecule has 1 fully saturated rings. The molecule has 178 valence electrons. The summed E-state index contributed by atoms with van der Waals surface area (Å²) in [5.41, 5.74) is 1.10. The Hall–Kier alpha value is -3.43. The van der Waals surface area contributed by atoms with Gasteiger partial charge in [-0.05, 0) is 61.0 Å². The molecule has 2 aliphatic heterocycles. The number of nitrogens with zero attached hydrogens (tertiary/aromatic N) is 2. The highest BCUT2D eigenvalue weighted by atomic mass is 32.2. The molecule has 0 bridgehead atoms. The van der Waals surface area contributed by atoms with Crippen LogP contribution in [0.5, 0.6) is 5.75 Å². The molecule has 9 heteroatoms. The van der Waals surface area contributed by atoms with E-state index in [4.69, 9.17) is 4.74 Å². The Morgan fingerprint density at radius 1 is 1.06 bits per heavy atom. The van der Waals surface area contributed by atoms with Gasteiger partial charge in [0.25, 0.3) is 5.91 Å². The number of amidine groups is 1. The van der Waals surface area contributed by atoms with Gasteiger partial charge in [0.2, 0.25) is 9.84 Å². The molecule has 1 amide bonds. The summed E-state index contributed by atoms with van der Waals surface area (Å²) in [4.78, 5) is 32.7. The molecule has 0 radical (unpaired) electrons. The van der Waals surface area contributed by atoms with Gasteiger partial charge in [-0.3, -0.25) is 14.5 Å². The van der Waals surface area contributed by atoms with Gasteiger partial charge in [0.15, 0.2) is 11.0 Å². The third-order valence-corrected chi connectivity index (χ3v) is 9.10. The first kappa shape index (κ1) is 23.3. The highest BCUT2D eigenvalue weighted by Crippen LogP contribution is 2.36. The Kier molecular flexibility index (Phi) is 5.98. The minimum atomic E-state index is -3.94. The number of rotatable bonds is 4. The highest BCUT2D eigenvalue weighted by molar-refractivity contribution is 8.14. The fourth-order valence-electron chi connectivity index (χ4n) is 4.23. The number of hydrogen-bond acceptors (Lipinski definition) is 7. The molecule has 35 heavy (non-hydrogen) atoms. The van der Waals surface area contributed by atoms with Crippen molar-refractivity contribution < 1.29 is 22.7 Å². The Morgan fingerprint density at radius 3 is 2.49 bits per heavy atom. The molecule has 1 atom stereocenters. The van der Waals surface area contributed by atoms with Crippen LogP contribution in [0, 0.1) is 0 Å². The van der Waals surface area contributed by atoms with Crippen molar-refractivity contribution in [1.29, 1.82) is 0 Å². The topological polar surface area (TPSA) is 93.1 Å². The molecular weight excluding hydrogens is 484 g/mol. The molecule has 1 saturated heterocycles.